The number of nitrogens with zero attached hydrogens (tertiary/aromatic N) is 2. The summed E-state index contributed by atoms with van der Waals surface area (Å²) in [6.07, 6.45) is 7.30. The van der Waals surface area contributed by atoms with E-state index in [1.807, 2.05) is 0 Å². The predicted molar refractivity (Wildman–Crippen MR) is 79.3 cm³/mol. The first-order valence-electron chi connectivity index (χ1n) is 7.80. The standard InChI is InChI=1S/C15H29N3O2/c1-4-6-12(10-11-16)8-9-14-17-15(18-20-14)13(19-3)7-5-2/h12-13H,4-11,16H2,1-3H3. The molecular weight excluding hydrogens is 254 g/mol. The number of hydrogen-bond donors (Lipinski definition) is 1. The molecule has 0 fully saturated rings. The highest BCUT2D eigenvalue weighted by atomic mass is 16.5. The highest BCUT2D eigenvalue weighted by Gasteiger charge is 2.17. The van der Waals surface area contributed by atoms with Gasteiger partial charge in [-0.05, 0) is 31.7 Å². The van der Waals surface area contributed by atoms with Crippen LogP contribution in [0.4, 0.5) is 0 Å². The van der Waals surface area contributed by atoms with Gasteiger partial charge in [0.25, 0.3) is 0 Å². The summed E-state index contributed by atoms with van der Waals surface area (Å²) >= 11 is 0. The number of aromatic nitrogens is 2. The van der Waals surface area contributed by atoms with Crippen molar-refractivity contribution in [1.82, 2.24) is 10.1 Å². The van der Waals surface area contributed by atoms with E-state index in [4.69, 9.17) is 15.0 Å². The third-order valence-electron chi connectivity index (χ3n) is 3.65. The van der Waals surface area contributed by atoms with E-state index >= 15 is 0 Å². The van der Waals surface area contributed by atoms with Crippen molar-refractivity contribution in [3.8, 4) is 0 Å². The maximum atomic E-state index is 5.66. The third-order valence-corrected chi connectivity index (χ3v) is 3.65. The van der Waals surface area contributed by atoms with Crippen molar-refractivity contribution in [2.45, 2.75) is 64.9 Å². The van der Waals surface area contributed by atoms with Crippen LogP contribution in [0.2, 0.25) is 0 Å². The molecule has 2 N–H and O–H groups in total. The topological polar surface area (TPSA) is 74.2 Å². The minimum atomic E-state index is -0.0482. The van der Waals surface area contributed by atoms with E-state index in [1.165, 1.54) is 12.8 Å². The van der Waals surface area contributed by atoms with E-state index in [9.17, 15) is 0 Å². The van der Waals surface area contributed by atoms with Gasteiger partial charge in [0.15, 0.2) is 0 Å². The maximum absolute atomic E-state index is 5.66. The molecule has 1 heterocycles. The normalized spacial score (nSPS) is 14.4. The number of hydrogen-bond acceptors (Lipinski definition) is 5. The Morgan fingerprint density at radius 3 is 2.50 bits per heavy atom. The van der Waals surface area contributed by atoms with Gasteiger partial charge in [0, 0.05) is 13.5 Å². The van der Waals surface area contributed by atoms with Crippen LogP contribution < -0.4 is 5.73 Å². The second-order valence-corrected chi connectivity index (χ2v) is 5.33. The quantitative estimate of drug-likeness (QED) is 0.674. The molecule has 1 aromatic rings. The summed E-state index contributed by atoms with van der Waals surface area (Å²) in [5, 5.41) is 4.04. The Morgan fingerprint density at radius 1 is 1.15 bits per heavy atom. The number of ether oxygens (including phenoxy) is 1. The number of nitrogens with two attached hydrogens (primary N) is 1. The van der Waals surface area contributed by atoms with Crippen LogP contribution in [0.25, 0.3) is 0 Å². The molecule has 2 unspecified atom stereocenters. The maximum Gasteiger partial charge on any atom is 0.226 e. The van der Waals surface area contributed by atoms with Crippen molar-refractivity contribution in [1.29, 1.82) is 0 Å². The molecule has 0 saturated carbocycles. The summed E-state index contributed by atoms with van der Waals surface area (Å²) in [5.41, 5.74) is 5.66. The SMILES string of the molecule is CCCC(CCN)CCc1nc(C(CCC)OC)no1. The second kappa shape index (κ2) is 9.88. The molecule has 1 aromatic heterocycles. The van der Waals surface area contributed by atoms with E-state index in [0.29, 0.717) is 11.7 Å². The number of rotatable bonds is 11. The highest BCUT2D eigenvalue weighted by Crippen LogP contribution is 2.21. The van der Waals surface area contributed by atoms with Crippen molar-refractivity contribution in [2.75, 3.05) is 13.7 Å². The molecule has 116 valence electrons. The van der Waals surface area contributed by atoms with Crippen LogP contribution in [0, 0.1) is 5.92 Å². The second-order valence-electron chi connectivity index (χ2n) is 5.33. The fraction of sp³-hybridized carbons (Fsp3) is 0.867. The van der Waals surface area contributed by atoms with Gasteiger partial charge < -0.3 is 15.0 Å². The van der Waals surface area contributed by atoms with Crippen LogP contribution in [0.15, 0.2) is 4.52 Å². The van der Waals surface area contributed by atoms with Gasteiger partial charge in [0.2, 0.25) is 11.7 Å². The molecule has 0 aliphatic heterocycles. The summed E-state index contributed by atoms with van der Waals surface area (Å²) in [6, 6.07) is 0. The first kappa shape index (κ1) is 17.1. The van der Waals surface area contributed by atoms with Crippen LogP contribution in [0.5, 0.6) is 0 Å². The van der Waals surface area contributed by atoms with Gasteiger partial charge in [-0.15, -0.1) is 0 Å². The lowest BCUT2D eigenvalue weighted by molar-refractivity contribution is 0.0854. The molecule has 0 bridgehead atoms. The Hall–Kier alpha value is -0.940. The van der Waals surface area contributed by atoms with E-state index in [-0.39, 0.29) is 6.10 Å². The smallest absolute Gasteiger partial charge is 0.226 e. The summed E-state index contributed by atoms with van der Waals surface area (Å²) in [7, 11) is 1.69. The molecule has 2 atom stereocenters. The Kier molecular flexibility index (Phi) is 8.46. The zero-order valence-corrected chi connectivity index (χ0v) is 13.1. The van der Waals surface area contributed by atoms with Crippen molar-refractivity contribution < 1.29 is 9.26 Å². The lowest BCUT2D eigenvalue weighted by Crippen LogP contribution is -2.10. The van der Waals surface area contributed by atoms with Gasteiger partial charge >= 0.3 is 0 Å². The van der Waals surface area contributed by atoms with Crippen LogP contribution in [0.1, 0.15) is 70.2 Å². The molecule has 0 aliphatic carbocycles. The van der Waals surface area contributed by atoms with Crippen LogP contribution in [-0.4, -0.2) is 23.8 Å². The predicted octanol–water partition coefficient (Wildman–Crippen LogP) is 3.25. The van der Waals surface area contributed by atoms with Gasteiger partial charge in [-0.2, -0.15) is 4.98 Å². The first-order chi connectivity index (χ1) is 9.74. The molecule has 0 radical (unpaired) electrons. The number of methoxy groups -OCH3 is 1. The Labute approximate surface area is 122 Å². The van der Waals surface area contributed by atoms with E-state index in [1.54, 1.807) is 7.11 Å². The van der Waals surface area contributed by atoms with E-state index < -0.39 is 0 Å². The van der Waals surface area contributed by atoms with E-state index in [2.05, 4.69) is 24.0 Å². The number of aryl methyl sites for hydroxylation is 1. The van der Waals surface area contributed by atoms with Gasteiger partial charge in [0.05, 0.1) is 0 Å². The molecule has 0 amide bonds. The monoisotopic (exact) mass is 283 g/mol. The van der Waals surface area contributed by atoms with Gasteiger partial charge in [-0.3, -0.25) is 0 Å². The van der Waals surface area contributed by atoms with Gasteiger partial charge in [-0.1, -0.05) is 38.3 Å². The molecule has 1 rings (SSSR count). The van der Waals surface area contributed by atoms with Crippen LogP contribution in [-0.2, 0) is 11.2 Å². The average molecular weight is 283 g/mol. The fourth-order valence-electron chi connectivity index (χ4n) is 2.52. The summed E-state index contributed by atoms with van der Waals surface area (Å²) in [6.45, 7) is 5.08. The lowest BCUT2D eigenvalue weighted by Gasteiger charge is -2.13. The Balaban J connectivity index is 2.50. The summed E-state index contributed by atoms with van der Waals surface area (Å²) in [5.74, 6) is 2.06. The minimum Gasteiger partial charge on any atom is -0.373 e. The van der Waals surface area contributed by atoms with Crippen LogP contribution >= 0.6 is 0 Å². The first-order valence-corrected chi connectivity index (χ1v) is 7.80. The van der Waals surface area contributed by atoms with Crippen molar-refractivity contribution in [3.05, 3.63) is 11.7 Å². The zero-order valence-electron chi connectivity index (χ0n) is 13.1. The van der Waals surface area contributed by atoms with E-state index in [0.717, 1.165) is 44.5 Å². The Morgan fingerprint density at radius 2 is 1.90 bits per heavy atom. The fourth-order valence-corrected chi connectivity index (χ4v) is 2.52. The van der Waals surface area contributed by atoms with Gasteiger partial charge in [-0.25, -0.2) is 0 Å². The molecule has 0 aromatic carbocycles. The molecule has 5 nitrogen and oxygen atoms in total. The Bertz CT molecular complexity index is 349. The largest absolute Gasteiger partial charge is 0.373 e. The highest BCUT2D eigenvalue weighted by molar-refractivity contribution is 4.91. The molecule has 0 saturated heterocycles. The molecule has 5 heteroatoms. The molecule has 0 aliphatic rings. The lowest BCUT2D eigenvalue weighted by atomic mass is 9.94. The van der Waals surface area contributed by atoms with Gasteiger partial charge in [0.1, 0.15) is 6.10 Å². The average Bonchev–Trinajstić information content (AvgIpc) is 2.91. The van der Waals surface area contributed by atoms with Crippen molar-refractivity contribution in [2.24, 2.45) is 11.7 Å². The third kappa shape index (κ3) is 5.59. The molecule has 0 spiro atoms. The molecular formula is C15H29N3O2. The molecule has 20 heavy (non-hydrogen) atoms. The summed E-state index contributed by atoms with van der Waals surface area (Å²) < 4.78 is 10.7. The minimum absolute atomic E-state index is 0.0482. The summed E-state index contributed by atoms with van der Waals surface area (Å²) in [4.78, 5) is 4.46. The zero-order chi connectivity index (χ0) is 14.8. The van der Waals surface area contributed by atoms with Crippen molar-refractivity contribution >= 4 is 0 Å². The van der Waals surface area contributed by atoms with Crippen LogP contribution in [0.3, 0.4) is 0 Å². The van der Waals surface area contributed by atoms with Crippen molar-refractivity contribution in [3.63, 3.8) is 0 Å².